The van der Waals surface area contributed by atoms with Crippen LogP contribution in [0.3, 0.4) is 0 Å². The lowest BCUT2D eigenvalue weighted by Crippen LogP contribution is -2.38. The third kappa shape index (κ3) is 3.62. The van der Waals surface area contributed by atoms with Gasteiger partial charge in [-0.05, 0) is 29.9 Å². The summed E-state index contributed by atoms with van der Waals surface area (Å²) in [6, 6.07) is 10.1. The zero-order valence-corrected chi connectivity index (χ0v) is 13.8. The van der Waals surface area contributed by atoms with Crippen molar-refractivity contribution in [2.24, 2.45) is 5.92 Å². The molecule has 0 saturated carbocycles. The van der Waals surface area contributed by atoms with E-state index in [1.165, 1.54) is 6.07 Å². The number of rotatable bonds is 5. The van der Waals surface area contributed by atoms with Crippen LogP contribution < -0.4 is 5.32 Å². The highest BCUT2D eigenvalue weighted by atomic mass is 79.9. The summed E-state index contributed by atoms with van der Waals surface area (Å²) in [5.41, 5.74) is 0.521. The van der Waals surface area contributed by atoms with Crippen molar-refractivity contribution in [1.29, 1.82) is 0 Å². The van der Waals surface area contributed by atoms with Crippen molar-refractivity contribution in [3.63, 3.8) is 0 Å². The van der Waals surface area contributed by atoms with Crippen LogP contribution in [-0.2, 0) is 0 Å². The Morgan fingerprint density at radius 1 is 1.19 bits per heavy atom. The summed E-state index contributed by atoms with van der Waals surface area (Å²) in [6.45, 7) is 4.16. The Balaban J connectivity index is 2.33. The number of alkyl halides is 1. The van der Waals surface area contributed by atoms with Crippen LogP contribution in [-0.4, -0.2) is 17.3 Å². The Bertz CT molecular complexity index is 642. The molecule has 112 valence electrons. The van der Waals surface area contributed by atoms with Crippen LogP contribution in [0.2, 0.25) is 0 Å². The van der Waals surface area contributed by atoms with Gasteiger partial charge in [0.1, 0.15) is 5.82 Å². The van der Waals surface area contributed by atoms with Gasteiger partial charge in [0.25, 0.3) is 5.91 Å². The maximum atomic E-state index is 13.8. The summed E-state index contributed by atoms with van der Waals surface area (Å²) in [7, 11) is 0. The van der Waals surface area contributed by atoms with E-state index in [2.05, 4.69) is 35.1 Å². The van der Waals surface area contributed by atoms with Crippen molar-refractivity contribution in [3.05, 3.63) is 47.8 Å². The SMILES string of the molecule is CC(C)C(CCBr)NC(=O)c1ccc(F)c2ccccc12. The first-order chi connectivity index (χ1) is 10.0. The average Bonchev–Trinajstić information content (AvgIpc) is 2.47. The van der Waals surface area contributed by atoms with Crippen LogP contribution >= 0.6 is 15.9 Å². The number of halogens is 2. The number of nitrogens with one attached hydrogen (secondary N) is 1. The first-order valence-electron chi connectivity index (χ1n) is 7.08. The molecule has 1 unspecified atom stereocenters. The molecular weight excluding hydrogens is 333 g/mol. The molecule has 2 nitrogen and oxygen atoms in total. The van der Waals surface area contributed by atoms with E-state index in [4.69, 9.17) is 0 Å². The van der Waals surface area contributed by atoms with Crippen LogP contribution in [0.1, 0.15) is 30.6 Å². The molecule has 1 amide bonds. The van der Waals surface area contributed by atoms with Crippen LogP contribution in [0.4, 0.5) is 4.39 Å². The average molecular weight is 352 g/mol. The van der Waals surface area contributed by atoms with E-state index in [9.17, 15) is 9.18 Å². The second-order valence-electron chi connectivity index (χ2n) is 5.44. The lowest BCUT2D eigenvalue weighted by Gasteiger charge is -2.22. The zero-order chi connectivity index (χ0) is 15.4. The number of hydrogen-bond acceptors (Lipinski definition) is 1. The molecule has 0 spiro atoms. The predicted molar refractivity (Wildman–Crippen MR) is 88.4 cm³/mol. The molecule has 0 aliphatic rings. The summed E-state index contributed by atoms with van der Waals surface area (Å²) in [5, 5.41) is 5.02. The van der Waals surface area contributed by atoms with Gasteiger partial charge >= 0.3 is 0 Å². The van der Waals surface area contributed by atoms with Gasteiger partial charge in [-0.3, -0.25) is 4.79 Å². The monoisotopic (exact) mass is 351 g/mol. The van der Waals surface area contributed by atoms with Crippen molar-refractivity contribution in [1.82, 2.24) is 5.32 Å². The Kier molecular flexibility index (Phi) is 5.34. The molecule has 0 bridgehead atoms. The predicted octanol–water partition coefficient (Wildman–Crippen LogP) is 4.52. The van der Waals surface area contributed by atoms with Gasteiger partial charge in [0.15, 0.2) is 0 Å². The first-order valence-corrected chi connectivity index (χ1v) is 8.20. The molecule has 0 aliphatic heterocycles. The molecule has 2 aromatic rings. The minimum atomic E-state index is -0.303. The van der Waals surface area contributed by atoms with E-state index in [-0.39, 0.29) is 17.8 Å². The number of carbonyl (C=O) groups is 1. The van der Waals surface area contributed by atoms with Gasteiger partial charge in [-0.1, -0.05) is 54.0 Å². The number of carbonyl (C=O) groups excluding carboxylic acids is 1. The summed E-state index contributed by atoms with van der Waals surface area (Å²) in [5.74, 6) is -0.105. The maximum Gasteiger partial charge on any atom is 0.252 e. The molecule has 0 radical (unpaired) electrons. The fourth-order valence-electron chi connectivity index (χ4n) is 2.40. The fraction of sp³-hybridized carbons (Fsp3) is 0.353. The molecule has 0 aromatic heterocycles. The van der Waals surface area contributed by atoms with Crippen LogP contribution in [0, 0.1) is 11.7 Å². The van der Waals surface area contributed by atoms with E-state index in [1.807, 2.05) is 6.07 Å². The lowest BCUT2D eigenvalue weighted by atomic mass is 9.99. The summed E-state index contributed by atoms with van der Waals surface area (Å²) in [6.07, 6.45) is 0.864. The molecule has 0 heterocycles. The Morgan fingerprint density at radius 2 is 1.86 bits per heavy atom. The largest absolute Gasteiger partial charge is 0.349 e. The van der Waals surface area contributed by atoms with Gasteiger partial charge in [-0.2, -0.15) is 0 Å². The smallest absolute Gasteiger partial charge is 0.252 e. The van der Waals surface area contributed by atoms with E-state index in [1.54, 1.807) is 24.3 Å². The third-order valence-corrected chi connectivity index (χ3v) is 4.11. The van der Waals surface area contributed by atoms with Crippen molar-refractivity contribution in [2.75, 3.05) is 5.33 Å². The van der Waals surface area contributed by atoms with E-state index in [0.29, 0.717) is 22.3 Å². The van der Waals surface area contributed by atoms with Crippen LogP contribution in [0.5, 0.6) is 0 Å². The topological polar surface area (TPSA) is 29.1 Å². The second kappa shape index (κ2) is 7.03. The summed E-state index contributed by atoms with van der Waals surface area (Å²) >= 11 is 3.41. The van der Waals surface area contributed by atoms with Crippen molar-refractivity contribution >= 4 is 32.6 Å². The van der Waals surface area contributed by atoms with Crippen LogP contribution in [0.25, 0.3) is 10.8 Å². The second-order valence-corrected chi connectivity index (χ2v) is 6.24. The molecule has 2 aromatic carbocycles. The third-order valence-electron chi connectivity index (χ3n) is 3.66. The molecule has 2 rings (SSSR count). The Hall–Kier alpha value is -1.42. The highest BCUT2D eigenvalue weighted by Crippen LogP contribution is 2.22. The van der Waals surface area contributed by atoms with Gasteiger partial charge < -0.3 is 5.32 Å². The van der Waals surface area contributed by atoms with Gasteiger partial charge in [0.2, 0.25) is 0 Å². The zero-order valence-electron chi connectivity index (χ0n) is 12.2. The van der Waals surface area contributed by atoms with Gasteiger partial charge in [-0.15, -0.1) is 0 Å². The van der Waals surface area contributed by atoms with Gasteiger partial charge in [-0.25, -0.2) is 4.39 Å². The normalized spacial score (nSPS) is 12.6. The maximum absolute atomic E-state index is 13.8. The fourth-order valence-corrected chi connectivity index (χ4v) is 2.89. The standard InChI is InChI=1S/C17H19BrFNO/c1-11(2)16(9-10-18)20-17(21)14-7-8-15(19)13-6-4-3-5-12(13)14/h3-8,11,16H,9-10H2,1-2H3,(H,20,21). The number of benzene rings is 2. The summed E-state index contributed by atoms with van der Waals surface area (Å²) in [4.78, 5) is 12.5. The van der Waals surface area contributed by atoms with Gasteiger partial charge in [0, 0.05) is 22.3 Å². The molecule has 0 saturated heterocycles. The molecule has 4 heteroatoms. The minimum absolute atomic E-state index is 0.0979. The number of amides is 1. The molecule has 21 heavy (non-hydrogen) atoms. The highest BCUT2D eigenvalue weighted by Gasteiger charge is 2.18. The lowest BCUT2D eigenvalue weighted by molar-refractivity contribution is 0.0926. The summed E-state index contributed by atoms with van der Waals surface area (Å²) < 4.78 is 13.8. The highest BCUT2D eigenvalue weighted by molar-refractivity contribution is 9.09. The molecule has 0 fully saturated rings. The quantitative estimate of drug-likeness (QED) is 0.788. The van der Waals surface area contributed by atoms with E-state index < -0.39 is 0 Å². The van der Waals surface area contributed by atoms with Crippen molar-refractivity contribution in [2.45, 2.75) is 26.3 Å². The Labute approximate surface area is 132 Å². The molecule has 1 N–H and O–H groups in total. The van der Waals surface area contributed by atoms with Crippen molar-refractivity contribution < 1.29 is 9.18 Å². The first kappa shape index (κ1) is 16.0. The molecule has 0 aliphatic carbocycles. The number of hydrogen-bond donors (Lipinski definition) is 1. The van der Waals surface area contributed by atoms with Crippen molar-refractivity contribution in [3.8, 4) is 0 Å². The van der Waals surface area contributed by atoms with Gasteiger partial charge in [0.05, 0.1) is 0 Å². The minimum Gasteiger partial charge on any atom is -0.349 e. The number of fused-ring (bicyclic) bond motifs is 1. The van der Waals surface area contributed by atoms with Crippen LogP contribution in [0.15, 0.2) is 36.4 Å². The molecular formula is C17H19BrFNO. The van der Waals surface area contributed by atoms with E-state index in [0.717, 1.165) is 11.8 Å². The Morgan fingerprint density at radius 3 is 2.48 bits per heavy atom. The van der Waals surface area contributed by atoms with E-state index >= 15 is 0 Å². The molecule has 1 atom stereocenters.